The molecule has 112 valence electrons. The second-order valence-corrected chi connectivity index (χ2v) is 5.61. The maximum absolute atomic E-state index is 11.5. The van der Waals surface area contributed by atoms with Crippen molar-refractivity contribution in [2.24, 2.45) is 0 Å². The summed E-state index contributed by atoms with van der Waals surface area (Å²) in [6.45, 7) is 6.92. The van der Waals surface area contributed by atoms with Gasteiger partial charge in [0.15, 0.2) is 5.13 Å². The van der Waals surface area contributed by atoms with Gasteiger partial charge in [0.05, 0.1) is 5.69 Å². The molecule has 2 rings (SSSR count). The summed E-state index contributed by atoms with van der Waals surface area (Å²) in [5.74, 6) is 0.0232. The van der Waals surface area contributed by atoms with Crippen LogP contribution in [0.5, 0.6) is 0 Å². The summed E-state index contributed by atoms with van der Waals surface area (Å²) in [5, 5.41) is 6.17. The number of carbonyl (C=O) groups excluding carboxylic acids is 1. The molecule has 5 nitrogen and oxygen atoms in total. The van der Waals surface area contributed by atoms with Gasteiger partial charge in [-0.3, -0.25) is 14.7 Å². The van der Waals surface area contributed by atoms with Gasteiger partial charge in [-0.2, -0.15) is 0 Å². The third-order valence-electron chi connectivity index (χ3n) is 3.24. The molecule has 21 heavy (non-hydrogen) atoms. The Labute approximate surface area is 129 Å². The largest absolute Gasteiger partial charge is 0.304 e. The van der Waals surface area contributed by atoms with Gasteiger partial charge in [-0.15, -0.1) is 11.3 Å². The summed E-state index contributed by atoms with van der Waals surface area (Å²) in [6, 6.07) is 4.19. The fourth-order valence-corrected chi connectivity index (χ4v) is 2.93. The Balaban J connectivity index is 1.95. The van der Waals surface area contributed by atoms with E-state index in [0.29, 0.717) is 13.1 Å². The Bertz CT molecular complexity index is 584. The van der Waals surface area contributed by atoms with Crippen LogP contribution in [-0.2, 0) is 11.3 Å². The average molecular weight is 304 g/mol. The summed E-state index contributed by atoms with van der Waals surface area (Å²) in [7, 11) is 0. The van der Waals surface area contributed by atoms with E-state index in [-0.39, 0.29) is 11.9 Å². The normalized spacial score (nSPS) is 12.1. The monoisotopic (exact) mass is 304 g/mol. The highest BCUT2D eigenvalue weighted by Crippen LogP contribution is 2.21. The number of pyridine rings is 1. The number of hydrogen-bond donors (Lipinski definition) is 1. The molecular formula is C15H20N4OS. The van der Waals surface area contributed by atoms with Crippen molar-refractivity contribution >= 4 is 22.4 Å². The van der Waals surface area contributed by atoms with Gasteiger partial charge in [-0.05, 0) is 25.5 Å². The smallest absolute Gasteiger partial charge is 0.225 e. The first-order valence-electron chi connectivity index (χ1n) is 6.97. The first kappa shape index (κ1) is 15.6. The molecular weight excluding hydrogens is 284 g/mol. The van der Waals surface area contributed by atoms with E-state index in [1.807, 2.05) is 30.6 Å². The molecule has 2 heterocycles. The number of amides is 1. The quantitative estimate of drug-likeness (QED) is 0.891. The molecule has 0 spiro atoms. The van der Waals surface area contributed by atoms with Crippen LogP contribution in [0.25, 0.3) is 0 Å². The highest BCUT2D eigenvalue weighted by molar-refractivity contribution is 7.14. The summed E-state index contributed by atoms with van der Waals surface area (Å²) in [5.41, 5.74) is 2.09. The fraction of sp³-hybridized carbons (Fsp3) is 0.400. The molecule has 0 aliphatic rings. The first-order chi connectivity index (χ1) is 10.1. The number of aromatic nitrogens is 2. The molecule has 1 amide bonds. The number of nitrogens with zero attached hydrogens (tertiary/aromatic N) is 3. The minimum absolute atomic E-state index is 0.0232. The van der Waals surface area contributed by atoms with Crippen molar-refractivity contribution < 1.29 is 4.79 Å². The summed E-state index contributed by atoms with van der Waals surface area (Å²) < 4.78 is 0. The van der Waals surface area contributed by atoms with E-state index in [1.54, 1.807) is 18.0 Å². The second-order valence-electron chi connectivity index (χ2n) is 4.77. The Kier molecular flexibility index (Phi) is 5.41. The van der Waals surface area contributed by atoms with Gasteiger partial charge in [0.1, 0.15) is 0 Å². The van der Waals surface area contributed by atoms with E-state index in [9.17, 15) is 4.79 Å². The summed E-state index contributed by atoms with van der Waals surface area (Å²) in [6.07, 6.45) is 3.63. The molecule has 0 fully saturated rings. The first-order valence-corrected chi connectivity index (χ1v) is 7.85. The third-order valence-corrected chi connectivity index (χ3v) is 4.15. The van der Waals surface area contributed by atoms with Crippen molar-refractivity contribution in [3.05, 3.63) is 41.2 Å². The summed E-state index contributed by atoms with van der Waals surface area (Å²) >= 11 is 1.50. The molecule has 0 aromatic carbocycles. The van der Waals surface area contributed by atoms with Crippen LogP contribution in [0.15, 0.2) is 29.9 Å². The lowest BCUT2D eigenvalue weighted by molar-refractivity contribution is -0.116. The van der Waals surface area contributed by atoms with E-state index in [1.165, 1.54) is 11.3 Å². The van der Waals surface area contributed by atoms with Crippen molar-refractivity contribution in [1.29, 1.82) is 0 Å². The Morgan fingerprint density at radius 1 is 1.52 bits per heavy atom. The highest BCUT2D eigenvalue weighted by atomic mass is 32.1. The maximum Gasteiger partial charge on any atom is 0.225 e. The minimum Gasteiger partial charge on any atom is -0.304 e. The second kappa shape index (κ2) is 7.28. The number of anilines is 1. The molecule has 0 aliphatic heterocycles. The van der Waals surface area contributed by atoms with Gasteiger partial charge in [0.2, 0.25) is 5.91 Å². The van der Waals surface area contributed by atoms with Crippen molar-refractivity contribution in [2.45, 2.75) is 33.4 Å². The molecule has 1 N–H and O–H groups in total. The number of carbonyl (C=O) groups is 1. The lowest BCUT2D eigenvalue weighted by atomic mass is 10.1. The summed E-state index contributed by atoms with van der Waals surface area (Å²) in [4.78, 5) is 21.8. The zero-order chi connectivity index (χ0) is 15.2. The average Bonchev–Trinajstić information content (AvgIpc) is 2.94. The molecule has 0 bridgehead atoms. The molecule has 0 radical (unpaired) electrons. The van der Waals surface area contributed by atoms with E-state index in [4.69, 9.17) is 0 Å². The Morgan fingerprint density at radius 2 is 2.33 bits per heavy atom. The van der Waals surface area contributed by atoms with Crippen molar-refractivity contribution in [2.75, 3.05) is 11.4 Å². The van der Waals surface area contributed by atoms with E-state index in [0.717, 1.165) is 16.4 Å². The van der Waals surface area contributed by atoms with Crippen LogP contribution in [0.4, 0.5) is 5.13 Å². The molecule has 0 saturated carbocycles. The van der Waals surface area contributed by atoms with Crippen molar-refractivity contribution in [3.63, 3.8) is 0 Å². The molecule has 2 aromatic rings. The van der Waals surface area contributed by atoms with Gasteiger partial charge < -0.3 is 5.32 Å². The van der Waals surface area contributed by atoms with Crippen molar-refractivity contribution in [1.82, 2.24) is 15.3 Å². The van der Waals surface area contributed by atoms with E-state index < -0.39 is 0 Å². The number of nitrogens with one attached hydrogen (secondary N) is 1. The maximum atomic E-state index is 11.5. The van der Waals surface area contributed by atoms with Crippen LogP contribution in [0.1, 0.15) is 38.1 Å². The van der Waals surface area contributed by atoms with Crippen LogP contribution in [0.3, 0.4) is 0 Å². The van der Waals surface area contributed by atoms with Crippen LogP contribution in [0, 0.1) is 0 Å². The predicted molar refractivity (Wildman–Crippen MR) is 85.3 cm³/mol. The number of rotatable bonds is 6. The van der Waals surface area contributed by atoms with Crippen LogP contribution in [0.2, 0.25) is 0 Å². The van der Waals surface area contributed by atoms with Crippen LogP contribution >= 0.6 is 11.3 Å². The van der Waals surface area contributed by atoms with Gasteiger partial charge in [0, 0.05) is 43.8 Å². The third kappa shape index (κ3) is 4.09. The zero-order valence-electron chi connectivity index (χ0n) is 12.5. The Morgan fingerprint density at radius 3 is 2.95 bits per heavy atom. The van der Waals surface area contributed by atoms with Crippen LogP contribution in [-0.4, -0.2) is 22.4 Å². The van der Waals surface area contributed by atoms with E-state index in [2.05, 4.69) is 22.2 Å². The van der Waals surface area contributed by atoms with Crippen LogP contribution < -0.4 is 10.2 Å². The molecule has 0 unspecified atom stereocenters. The highest BCUT2D eigenvalue weighted by Gasteiger charge is 2.13. The fourth-order valence-electron chi connectivity index (χ4n) is 2.00. The van der Waals surface area contributed by atoms with Crippen molar-refractivity contribution in [3.8, 4) is 0 Å². The standard InChI is InChI=1S/C15H20N4OS/c1-4-19(12(3)20)15-18-14(10-21-15)9-17-11(2)13-6-5-7-16-8-13/h5-8,10-11,17H,4,9H2,1-3H3/t11-/m1/s1. The molecule has 6 heteroatoms. The predicted octanol–water partition coefficient (Wildman–Crippen LogP) is 2.76. The minimum atomic E-state index is 0.0232. The van der Waals surface area contributed by atoms with Gasteiger partial charge in [-0.1, -0.05) is 6.07 Å². The van der Waals surface area contributed by atoms with Gasteiger partial charge in [0.25, 0.3) is 0 Å². The van der Waals surface area contributed by atoms with Gasteiger partial charge >= 0.3 is 0 Å². The lowest BCUT2D eigenvalue weighted by Crippen LogP contribution is -2.27. The lowest BCUT2D eigenvalue weighted by Gasteiger charge is -2.15. The number of thiazole rings is 1. The zero-order valence-corrected chi connectivity index (χ0v) is 13.4. The SMILES string of the molecule is CCN(C(C)=O)c1nc(CN[C@H](C)c2cccnc2)cs1. The topological polar surface area (TPSA) is 58.1 Å². The van der Waals surface area contributed by atoms with E-state index >= 15 is 0 Å². The molecule has 1 atom stereocenters. The Hall–Kier alpha value is -1.79. The number of hydrogen-bond acceptors (Lipinski definition) is 5. The van der Waals surface area contributed by atoms with Gasteiger partial charge in [-0.25, -0.2) is 4.98 Å². The molecule has 0 saturated heterocycles. The molecule has 0 aliphatic carbocycles. The molecule has 2 aromatic heterocycles.